The third-order valence-electron chi connectivity index (χ3n) is 2.51. The number of unbranched alkanes of at least 4 members (excludes halogenated alkanes) is 1. The van der Waals surface area contributed by atoms with Crippen LogP contribution in [0.4, 0.5) is 5.69 Å². The Hall–Kier alpha value is -2.63. The minimum Gasteiger partial charge on any atom is -0.478 e. The molecule has 0 aliphatic heterocycles. The first kappa shape index (κ1) is 16.4. The maximum atomic E-state index is 11.9. The number of esters is 1. The second-order valence-electron chi connectivity index (χ2n) is 4.20. The smallest absolute Gasteiger partial charge is 0.340 e. The standard InChI is InChI=1S/C15H17NO5/c1-2-3-10-21-15(20)11-6-4-5-7-12(11)16-13(17)8-9-14(18)19/h4-9H,2-3,10H2,1H3,(H,16,17)(H,18,19)/b9-8-. The van der Waals surface area contributed by atoms with E-state index in [0.29, 0.717) is 6.61 Å². The molecule has 0 fully saturated rings. The van der Waals surface area contributed by atoms with Crippen LogP contribution in [0.2, 0.25) is 0 Å². The van der Waals surface area contributed by atoms with E-state index in [1.165, 1.54) is 6.07 Å². The van der Waals surface area contributed by atoms with Crippen LogP contribution >= 0.6 is 0 Å². The van der Waals surface area contributed by atoms with Crippen LogP contribution in [0.25, 0.3) is 0 Å². The molecule has 6 nitrogen and oxygen atoms in total. The van der Waals surface area contributed by atoms with Crippen molar-refractivity contribution in [3.8, 4) is 0 Å². The zero-order valence-corrected chi connectivity index (χ0v) is 11.7. The number of carbonyl (C=O) groups is 3. The Morgan fingerprint density at radius 2 is 1.95 bits per heavy atom. The summed E-state index contributed by atoms with van der Waals surface area (Å²) in [5, 5.41) is 10.9. The molecule has 1 aromatic rings. The molecule has 112 valence electrons. The number of ether oxygens (including phenoxy) is 1. The molecule has 1 aromatic carbocycles. The van der Waals surface area contributed by atoms with Gasteiger partial charge in [-0.25, -0.2) is 9.59 Å². The third-order valence-corrected chi connectivity index (χ3v) is 2.51. The number of hydrogen-bond donors (Lipinski definition) is 2. The summed E-state index contributed by atoms with van der Waals surface area (Å²) in [6, 6.07) is 6.38. The number of carbonyl (C=O) groups excluding carboxylic acids is 2. The van der Waals surface area contributed by atoms with E-state index in [2.05, 4.69) is 5.32 Å². The summed E-state index contributed by atoms with van der Waals surface area (Å²) in [7, 11) is 0. The van der Waals surface area contributed by atoms with Crippen LogP contribution < -0.4 is 5.32 Å². The summed E-state index contributed by atoms with van der Waals surface area (Å²) in [6.07, 6.45) is 3.27. The lowest BCUT2D eigenvalue weighted by Gasteiger charge is -2.09. The van der Waals surface area contributed by atoms with Crippen LogP contribution in [-0.2, 0) is 14.3 Å². The van der Waals surface area contributed by atoms with Crippen molar-refractivity contribution >= 4 is 23.5 Å². The van der Waals surface area contributed by atoms with Crippen molar-refractivity contribution in [2.24, 2.45) is 0 Å². The maximum absolute atomic E-state index is 11.9. The largest absolute Gasteiger partial charge is 0.478 e. The van der Waals surface area contributed by atoms with Crippen LogP contribution in [0.3, 0.4) is 0 Å². The molecule has 0 aliphatic carbocycles. The van der Waals surface area contributed by atoms with Gasteiger partial charge in [0.15, 0.2) is 0 Å². The monoisotopic (exact) mass is 291 g/mol. The SMILES string of the molecule is CCCCOC(=O)c1ccccc1NC(=O)/C=C\C(=O)O. The van der Waals surface area contributed by atoms with Crippen molar-refractivity contribution < 1.29 is 24.2 Å². The molecule has 6 heteroatoms. The predicted octanol–water partition coefficient (Wildman–Crippen LogP) is 2.22. The first-order valence-corrected chi connectivity index (χ1v) is 6.52. The number of rotatable bonds is 7. The lowest BCUT2D eigenvalue weighted by Crippen LogP contribution is -2.14. The van der Waals surface area contributed by atoms with Crippen molar-refractivity contribution in [1.29, 1.82) is 0 Å². The summed E-state index contributed by atoms with van der Waals surface area (Å²) >= 11 is 0. The molecule has 0 radical (unpaired) electrons. The van der Waals surface area contributed by atoms with Gasteiger partial charge in [0.1, 0.15) is 0 Å². The van der Waals surface area contributed by atoms with Crippen molar-refractivity contribution in [3.63, 3.8) is 0 Å². The summed E-state index contributed by atoms with van der Waals surface area (Å²) in [6.45, 7) is 2.30. The normalized spacial score (nSPS) is 10.3. The Bertz CT molecular complexity index is 551. The van der Waals surface area contributed by atoms with Gasteiger partial charge in [0.05, 0.1) is 17.9 Å². The van der Waals surface area contributed by atoms with Gasteiger partial charge in [0.25, 0.3) is 0 Å². The molecular formula is C15H17NO5. The number of carboxylic acid groups (broad SMARTS) is 1. The fourth-order valence-corrected chi connectivity index (χ4v) is 1.48. The second kappa shape index (κ2) is 8.52. The van der Waals surface area contributed by atoms with E-state index in [1.54, 1.807) is 18.2 Å². The molecule has 0 aromatic heterocycles. The number of nitrogens with one attached hydrogen (secondary N) is 1. The first-order valence-electron chi connectivity index (χ1n) is 6.52. The molecule has 2 N–H and O–H groups in total. The van der Waals surface area contributed by atoms with E-state index in [1.807, 2.05) is 6.92 Å². The number of aliphatic carboxylic acids is 1. The molecule has 0 aliphatic rings. The van der Waals surface area contributed by atoms with E-state index >= 15 is 0 Å². The Morgan fingerprint density at radius 1 is 1.24 bits per heavy atom. The van der Waals surface area contributed by atoms with E-state index in [4.69, 9.17) is 9.84 Å². The third kappa shape index (κ3) is 5.90. The van der Waals surface area contributed by atoms with Gasteiger partial charge in [0.2, 0.25) is 5.91 Å². The molecule has 21 heavy (non-hydrogen) atoms. The fourth-order valence-electron chi connectivity index (χ4n) is 1.48. The summed E-state index contributed by atoms with van der Waals surface area (Å²) < 4.78 is 5.09. The number of carboxylic acids is 1. The van der Waals surface area contributed by atoms with E-state index in [-0.39, 0.29) is 11.3 Å². The van der Waals surface area contributed by atoms with E-state index in [9.17, 15) is 14.4 Å². The highest BCUT2D eigenvalue weighted by molar-refractivity contribution is 6.06. The summed E-state index contributed by atoms with van der Waals surface area (Å²) in [5.41, 5.74) is 0.504. The van der Waals surface area contributed by atoms with Gasteiger partial charge in [-0.2, -0.15) is 0 Å². The Morgan fingerprint density at radius 3 is 2.62 bits per heavy atom. The van der Waals surface area contributed by atoms with Gasteiger partial charge in [-0.15, -0.1) is 0 Å². The molecule has 0 bridgehead atoms. The van der Waals surface area contributed by atoms with Crippen molar-refractivity contribution in [2.75, 3.05) is 11.9 Å². The quantitative estimate of drug-likeness (QED) is 0.456. The molecule has 0 saturated carbocycles. The number of amides is 1. The van der Waals surface area contributed by atoms with Crippen LogP contribution in [0.5, 0.6) is 0 Å². The summed E-state index contributed by atoms with van der Waals surface area (Å²) in [4.78, 5) is 33.8. The molecule has 0 unspecified atom stereocenters. The van der Waals surface area contributed by atoms with Crippen LogP contribution in [0.1, 0.15) is 30.1 Å². The minimum absolute atomic E-state index is 0.227. The van der Waals surface area contributed by atoms with Gasteiger partial charge in [-0.1, -0.05) is 25.5 Å². The second-order valence-corrected chi connectivity index (χ2v) is 4.20. The van der Waals surface area contributed by atoms with Crippen LogP contribution in [0.15, 0.2) is 36.4 Å². The molecule has 0 spiro atoms. The molecule has 0 atom stereocenters. The molecule has 1 rings (SSSR count). The van der Waals surface area contributed by atoms with Crippen LogP contribution in [0, 0.1) is 0 Å². The predicted molar refractivity (Wildman–Crippen MR) is 77.0 cm³/mol. The van der Waals surface area contributed by atoms with Crippen molar-refractivity contribution in [2.45, 2.75) is 19.8 Å². The number of anilines is 1. The van der Waals surface area contributed by atoms with Crippen molar-refractivity contribution in [1.82, 2.24) is 0 Å². The topological polar surface area (TPSA) is 92.7 Å². The number of hydrogen-bond acceptors (Lipinski definition) is 4. The van der Waals surface area contributed by atoms with Crippen molar-refractivity contribution in [3.05, 3.63) is 42.0 Å². The molecule has 0 saturated heterocycles. The van der Waals surface area contributed by atoms with Crippen LogP contribution in [-0.4, -0.2) is 29.6 Å². The maximum Gasteiger partial charge on any atom is 0.340 e. The zero-order chi connectivity index (χ0) is 15.7. The zero-order valence-electron chi connectivity index (χ0n) is 11.7. The highest BCUT2D eigenvalue weighted by Gasteiger charge is 2.13. The number of benzene rings is 1. The van der Waals surface area contributed by atoms with Gasteiger partial charge < -0.3 is 15.2 Å². The Balaban J connectivity index is 2.77. The van der Waals surface area contributed by atoms with Gasteiger partial charge in [0, 0.05) is 12.2 Å². The molecule has 1 amide bonds. The average molecular weight is 291 g/mol. The first-order chi connectivity index (χ1) is 10.0. The van der Waals surface area contributed by atoms with E-state index < -0.39 is 17.8 Å². The van der Waals surface area contributed by atoms with E-state index in [0.717, 1.165) is 25.0 Å². The Labute approximate surface area is 122 Å². The minimum atomic E-state index is -1.22. The highest BCUT2D eigenvalue weighted by atomic mass is 16.5. The van der Waals surface area contributed by atoms with Gasteiger partial charge in [-0.05, 0) is 18.6 Å². The lowest BCUT2D eigenvalue weighted by molar-refractivity contribution is -0.131. The lowest BCUT2D eigenvalue weighted by atomic mass is 10.2. The highest BCUT2D eigenvalue weighted by Crippen LogP contribution is 2.16. The fraction of sp³-hybridized carbons (Fsp3) is 0.267. The number of para-hydroxylation sites is 1. The molecular weight excluding hydrogens is 274 g/mol. The Kier molecular flexibility index (Phi) is 6.67. The van der Waals surface area contributed by atoms with Gasteiger partial charge in [-0.3, -0.25) is 4.79 Å². The summed E-state index contributed by atoms with van der Waals surface area (Å²) in [5.74, 6) is -2.38. The average Bonchev–Trinajstić information content (AvgIpc) is 2.46. The van der Waals surface area contributed by atoms with Gasteiger partial charge >= 0.3 is 11.9 Å². The molecule has 0 heterocycles.